The Kier molecular flexibility index (Phi) is 2.99. The zero-order valence-electron chi connectivity index (χ0n) is 10.7. The first-order chi connectivity index (χ1) is 9.28. The van der Waals surface area contributed by atoms with Gasteiger partial charge in [-0.15, -0.1) is 0 Å². The molecule has 4 heteroatoms. The van der Waals surface area contributed by atoms with Gasteiger partial charge in [-0.2, -0.15) is 0 Å². The van der Waals surface area contributed by atoms with Crippen molar-refractivity contribution >= 4 is 5.91 Å². The van der Waals surface area contributed by atoms with Crippen LogP contribution in [0.15, 0.2) is 41.0 Å². The predicted molar refractivity (Wildman–Crippen MR) is 71.2 cm³/mol. The van der Waals surface area contributed by atoms with Crippen molar-refractivity contribution in [1.82, 2.24) is 5.32 Å². The average molecular weight is 257 g/mol. The van der Waals surface area contributed by atoms with Crippen molar-refractivity contribution in [3.8, 4) is 17.1 Å². The molecule has 19 heavy (non-hydrogen) atoms. The summed E-state index contributed by atoms with van der Waals surface area (Å²) in [7, 11) is 1.60. The summed E-state index contributed by atoms with van der Waals surface area (Å²) in [4.78, 5) is 12.0. The minimum atomic E-state index is -0.0436. The van der Waals surface area contributed by atoms with Crippen LogP contribution in [-0.2, 0) is 0 Å². The smallest absolute Gasteiger partial charge is 0.251 e. The molecule has 0 aliphatic heterocycles. The highest BCUT2D eigenvalue weighted by molar-refractivity contribution is 5.96. The lowest BCUT2D eigenvalue weighted by Crippen LogP contribution is -2.25. The molecule has 1 heterocycles. The van der Waals surface area contributed by atoms with Gasteiger partial charge in [0.1, 0.15) is 11.5 Å². The molecule has 1 aromatic carbocycles. The number of furan rings is 1. The topological polar surface area (TPSA) is 51.5 Å². The largest absolute Gasteiger partial charge is 0.496 e. The summed E-state index contributed by atoms with van der Waals surface area (Å²) in [6.07, 6.45) is 3.76. The van der Waals surface area contributed by atoms with Gasteiger partial charge >= 0.3 is 0 Å². The molecule has 0 saturated heterocycles. The van der Waals surface area contributed by atoms with E-state index in [4.69, 9.17) is 9.15 Å². The monoisotopic (exact) mass is 257 g/mol. The molecule has 0 spiro atoms. The molecular formula is C15H15NO3. The SMILES string of the molecule is COc1ccc(C(=O)NC2CC2)cc1-c1ccco1. The zero-order chi connectivity index (χ0) is 13.2. The molecule has 1 aliphatic rings. The summed E-state index contributed by atoms with van der Waals surface area (Å²) in [5, 5.41) is 2.97. The highest BCUT2D eigenvalue weighted by Crippen LogP contribution is 2.31. The van der Waals surface area contributed by atoms with Crippen molar-refractivity contribution in [2.45, 2.75) is 18.9 Å². The fourth-order valence-corrected chi connectivity index (χ4v) is 1.97. The molecule has 1 saturated carbocycles. The summed E-state index contributed by atoms with van der Waals surface area (Å²) in [5.41, 5.74) is 1.41. The van der Waals surface area contributed by atoms with Gasteiger partial charge in [0.25, 0.3) is 5.91 Å². The number of nitrogens with one attached hydrogen (secondary N) is 1. The van der Waals surface area contributed by atoms with E-state index in [1.54, 1.807) is 31.6 Å². The second kappa shape index (κ2) is 4.80. The van der Waals surface area contributed by atoms with Crippen LogP contribution < -0.4 is 10.1 Å². The molecule has 1 aliphatic carbocycles. The normalized spacial score (nSPS) is 14.2. The Hall–Kier alpha value is -2.23. The van der Waals surface area contributed by atoms with Gasteiger partial charge in [0.15, 0.2) is 0 Å². The molecule has 0 atom stereocenters. The molecule has 0 unspecified atom stereocenters. The lowest BCUT2D eigenvalue weighted by atomic mass is 10.1. The third-order valence-corrected chi connectivity index (χ3v) is 3.16. The van der Waals surface area contributed by atoms with Crippen LogP contribution in [0.5, 0.6) is 5.75 Å². The number of hydrogen-bond donors (Lipinski definition) is 1. The molecule has 1 fully saturated rings. The Bertz CT molecular complexity index is 585. The van der Waals surface area contributed by atoms with Gasteiger partial charge in [-0.1, -0.05) is 0 Å². The maximum Gasteiger partial charge on any atom is 0.251 e. The highest BCUT2D eigenvalue weighted by Gasteiger charge is 2.24. The van der Waals surface area contributed by atoms with Gasteiger partial charge in [-0.25, -0.2) is 0 Å². The van der Waals surface area contributed by atoms with E-state index in [-0.39, 0.29) is 5.91 Å². The van der Waals surface area contributed by atoms with Crippen LogP contribution >= 0.6 is 0 Å². The summed E-state index contributed by atoms with van der Waals surface area (Å²) in [6, 6.07) is 9.37. The Morgan fingerprint density at radius 3 is 2.84 bits per heavy atom. The standard InChI is InChI=1S/C15H15NO3/c1-18-13-7-4-10(15(17)16-11-5-6-11)9-12(13)14-3-2-8-19-14/h2-4,7-9,11H,5-6H2,1H3,(H,16,17). The third-order valence-electron chi connectivity index (χ3n) is 3.16. The van der Waals surface area contributed by atoms with E-state index in [2.05, 4.69) is 5.32 Å². The minimum absolute atomic E-state index is 0.0436. The molecule has 3 rings (SSSR count). The molecule has 0 bridgehead atoms. The molecule has 1 aromatic heterocycles. The zero-order valence-corrected chi connectivity index (χ0v) is 10.7. The first kappa shape index (κ1) is 11.8. The summed E-state index contributed by atoms with van der Waals surface area (Å²) < 4.78 is 10.7. The maximum absolute atomic E-state index is 12.0. The van der Waals surface area contributed by atoms with Crippen molar-refractivity contribution in [2.75, 3.05) is 7.11 Å². The van der Waals surface area contributed by atoms with Crippen LogP contribution in [0, 0.1) is 0 Å². The quantitative estimate of drug-likeness (QED) is 0.916. The fraction of sp³-hybridized carbons (Fsp3) is 0.267. The Balaban J connectivity index is 1.94. The predicted octanol–water partition coefficient (Wildman–Crippen LogP) is 2.85. The second-order valence-electron chi connectivity index (χ2n) is 4.64. The van der Waals surface area contributed by atoms with E-state index in [1.807, 2.05) is 12.1 Å². The highest BCUT2D eigenvalue weighted by atomic mass is 16.5. The van der Waals surface area contributed by atoms with E-state index >= 15 is 0 Å². The van der Waals surface area contributed by atoms with Crippen LogP contribution in [0.4, 0.5) is 0 Å². The van der Waals surface area contributed by atoms with Crippen molar-refractivity contribution in [2.24, 2.45) is 0 Å². The van der Waals surface area contributed by atoms with Gasteiger partial charge < -0.3 is 14.5 Å². The Morgan fingerprint density at radius 1 is 1.37 bits per heavy atom. The number of carbonyl (C=O) groups is 1. The van der Waals surface area contributed by atoms with Crippen molar-refractivity contribution < 1.29 is 13.9 Å². The van der Waals surface area contributed by atoms with Crippen LogP contribution in [-0.4, -0.2) is 19.1 Å². The number of hydrogen-bond acceptors (Lipinski definition) is 3. The number of ether oxygens (including phenoxy) is 1. The minimum Gasteiger partial charge on any atom is -0.496 e. The number of amides is 1. The van der Waals surface area contributed by atoms with Crippen molar-refractivity contribution in [3.63, 3.8) is 0 Å². The summed E-state index contributed by atoms with van der Waals surface area (Å²) >= 11 is 0. The van der Waals surface area contributed by atoms with Gasteiger partial charge in [0.05, 0.1) is 18.9 Å². The maximum atomic E-state index is 12.0. The number of methoxy groups -OCH3 is 1. The molecule has 1 N–H and O–H groups in total. The third kappa shape index (κ3) is 2.47. The molecule has 0 radical (unpaired) electrons. The molecule has 98 valence electrons. The molecule has 4 nitrogen and oxygen atoms in total. The first-order valence-corrected chi connectivity index (χ1v) is 6.30. The molecule has 1 amide bonds. The number of benzene rings is 1. The first-order valence-electron chi connectivity index (χ1n) is 6.30. The van der Waals surface area contributed by atoms with Gasteiger partial charge in [0, 0.05) is 11.6 Å². The Labute approximate surface area is 111 Å². The van der Waals surface area contributed by atoms with Gasteiger partial charge in [-0.05, 0) is 43.2 Å². The van der Waals surface area contributed by atoms with E-state index < -0.39 is 0 Å². The average Bonchev–Trinajstić information content (AvgIpc) is 3.08. The van der Waals surface area contributed by atoms with Gasteiger partial charge in [0.2, 0.25) is 0 Å². The van der Waals surface area contributed by atoms with Crippen molar-refractivity contribution in [1.29, 1.82) is 0 Å². The van der Waals surface area contributed by atoms with Crippen LogP contribution in [0.1, 0.15) is 23.2 Å². The van der Waals surface area contributed by atoms with E-state index in [9.17, 15) is 4.79 Å². The van der Waals surface area contributed by atoms with E-state index in [1.165, 1.54) is 0 Å². The second-order valence-corrected chi connectivity index (χ2v) is 4.64. The number of rotatable bonds is 4. The molecular weight excluding hydrogens is 242 g/mol. The van der Waals surface area contributed by atoms with Crippen LogP contribution in [0.25, 0.3) is 11.3 Å². The Morgan fingerprint density at radius 2 is 2.21 bits per heavy atom. The summed E-state index contributed by atoms with van der Waals surface area (Å²) in [5.74, 6) is 1.34. The van der Waals surface area contributed by atoms with E-state index in [0.717, 1.165) is 18.4 Å². The van der Waals surface area contributed by atoms with Crippen LogP contribution in [0.3, 0.4) is 0 Å². The lowest BCUT2D eigenvalue weighted by molar-refractivity contribution is 0.0951. The van der Waals surface area contributed by atoms with E-state index in [0.29, 0.717) is 23.1 Å². The fourth-order valence-electron chi connectivity index (χ4n) is 1.97. The van der Waals surface area contributed by atoms with Crippen molar-refractivity contribution in [3.05, 3.63) is 42.2 Å². The molecule has 2 aromatic rings. The lowest BCUT2D eigenvalue weighted by Gasteiger charge is -2.09. The number of carbonyl (C=O) groups excluding carboxylic acids is 1. The summed E-state index contributed by atoms with van der Waals surface area (Å²) in [6.45, 7) is 0. The van der Waals surface area contributed by atoms with Gasteiger partial charge in [-0.3, -0.25) is 4.79 Å². The van der Waals surface area contributed by atoms with Crippen LogP contribution in [0.2, 0.25) is 0 Å².